The second kappa shape index (κ2) is 6.04. The molecular formula is C14H14INO2. The van der Waals surface area contributed by atoms with Gasteiger partial charge in [0.15, 0.2) is 0 Å². The van der Waals surface area contributed by atoms with E-state index >= 15 is 0 Å². The van der Waals surface area contributed by atoms with Crippen LogP contribution in [-0.2, 0) is 6.42 Å². The van der Waals surface area contributed by atoms with Crippen molar-refractivity contribution >= 4 is 28.5 Å². The van der Waals surface area contributed by atoms with Gasteiger partial charge in [0.1, 0.15) is 5.76 Å². The molecular weight excluding hydrogens is 341 g/mol. The molecule has 1 amide bonds. The van der Waals surface area contributed by atoms with Gasteiger partial charge in [-0.3, -0.25) is 4.79 Å². The average Bonchev–Trinajstić information content (AvgIpc) is 2.82. The quantitative estimate of drug-likeness (QED) is 0.856. The van der Waals surface area contributed by atoms with Crippen LogP contribution < -0.4 is 5.32 Å². The third-order valence-electron chi connectivity index (χ3n) is 2.57. The molecule has 0 spiro atoms. The average molecular weight is 355 g/mol. The summed E-state index contributed by atoms with van der Waals surface area (Å²) in [5.74, 6) is 0.830. The van der Waals surface area contributed by atoms with Crippen LogP contribution in [0.1, 0.15) is 23.0 Å². The van der Waals surface area contributed by atoms with E-state index < -0.39 is 0 Å². The van der Waals surface area contributed by atoms with Gasteiger partial charge >= 0.3 is 0 Å². The second-order valence-corrected chi connectivity index (χ2v) is 5.41. The molecule has 0 saturated carbocycles. The molecule has 2 aromatic rings. The molecule has 1 heterocycles. The van der Waals surface area contributed by atoms with Crippen LogP contribution in [-0.4, -0.2) is 11.9 Å². The standard InChI is InChI=1S/C14H14INO2/c1-10(9-13-3-2-8-18-13)16-14(17)11-4-6-12(15)7-5-11/h2-8,10H,9H2,1H3,(H,16,17). The van der Waals surface area contributed by atoms with Gasteiger partial charge in [-0.1, -0.05) is 0 Å². The molecule has 0 saturated heterocycles. The van der Waals surface area contributed by atoms with Crippen LogP contribution in [0.2, 0.25) is 0 Å². The van der Waals surface area contributed by atoms with Crippen LogP contribution in [0.25, 0.3) is 0 Å². The predicted octanol–water partition coefficient (Wildman–Crippen LogP) is 3.25. The van der Waals surface area contributed by atoms with Crippen LogP contribution >= 0.6 is 22.6 Å². The lowest BCUT2D eigenvalue weighted by Gasteiger charge is -2.12. The van der Waals surface area contributed by atoms with E-state index in [1.807, 2.05) is 43.3 Å². The minimum atomic E-state index is -0.0505. The van der Waals surface area contributed by atoms with Crippen molar-refractivity contribution in [1.29, 1.82) is 0 Å². The van der Waals surface area contributed by atoms with Crippen LogP contribution in [0.15, 0.2) is 47.1 Å². The number of carbonyl (C=O) groups excluding carboxylic acids is 1. The van der Waals surface area contributed by atoms with Gasteiger partial charge in [0.25, 0.3) is 5.91 Å². The minimum Gasteiger partial charge on any atom is -0.469 e. The lowest BCUT2D eigenvalue weighted by atomic mass is 10.1. The summed E-state index contributed by atoms with van der Waals surface area (Å²) in [5, 5.41) is 2.95. The highest BCUT2D eigenvalue weighted by Crippen LogP contribution is 2.08. The maximum atomic E-state index is 12.0. The summed E-state index contributed by atoms with van der Waals surface area (Å²) in [6, 6.07) is 11.3. The molecule has 18 heavy (non-hydrogen) atoms. The number of benzene rings is 1. The number of amides is 1. The van der Waals surface area contributed by atoms with Gasteiger partial charge in [-0.15, -0.1) is 0 Å². The molecule has 1 unspecified atom stereocenters. The van der Waals surface area contributed by atoms with E-state index in [9.17, 15) is 4.79 Å². The lowest BCUT2D eigenvalue weighted by molar-refractivity contribution is 0.0939. The summed E-state index contributed by atoms with van der Waals surface area (Å²) in [6.07, 6.45) is 2.34. The molecule has 1 N–H and O–H groups in total. The number of carbonyl (C=O) groups is 1. The first-order chi connectivity index (χ1) is 8.65. The van der Waals surface area contributed by atoms with Crippen molar-refractivity contribution in [2.24, 2.45) is 0 Å². The third kappa shape index (κ3) is 3.60. The van der Waals surface area contributed by atoms with Crippen LogP contribution in [0, 0.1) is 3.57 Å². The summed E-state index contributed by atoms with van der Waals surface area (Å²) in [6.45, 7) is 1.97. The highest BCUT2D eigenvalue weighted by molar-refractivity contribution is 14.1. The Morgan fingerprint density at radius 2 is 2.06 bits per heavy atom. The Morgan fingerprint density at radius 3 is 2.67 bits per heavy atom. The first kappa shape index (κ1) is 13.1. The first-order valence-corrected chi connectivity index (χ1v) is 6.82. The highest BCUT2D eigenvalue weighted by atomic mass is 127. The van der Waals surface area contributed by atoms with E-state index in [0.717, 1.165) is 9.33 Å². The second-order valence-electron chi connectivity index (χ2n) is 4.16. The summed E-state index contributed by atoms with van der Waals surface area (Å²) in [4.78, 5) is 12.0. The minimum absolute atomic E-state index is 0.0444. The van der Waals surface area contributed by atoms with Crippen molar-refractivity contribution in [3.05, 3.63) is 57.6 Å². The van der Waals surface area contributed by atoms with Crippen LogP contribution in [0.5, 0.6) is 0 Å². The molecule has 0 aliphatic rings. The summed E-state index contributed by atoms with van der Waals surface area (Å²) >= 11 is 2.22. The molecule has 94 valence electrons. The summed E-state index contributed by atoms with van der Waals surface area (Å²) in [5.41, 5.74) is 0.682. The van der Waals surface area contributed by atoms with Gasteiger partial charge in [-0.05, 0) is 65.9 Å². The summed E-state index contributed by atoms with van der Waals surface area (Å²) in [7, 11) is 0. The predicted molar refractivity (Wildman–Crippen MR) is 78.5 cm³/mol. The van der Waals surface area contributed by atoms with E-state index in [1.165, 1.54) is 0 Å². The smallest absolute Gasteiger partial charge is 0.251 e. The van der Waals surface area contributed by atoms with Gasteiger partial charge in [-0.2, -0.15) is 0 Å². The number of hydrogen-bond donors (Lipinski definition) is 1. The molecule has 0 aliphatic heterocycles. The van der Waals surface area contributed by atoms with Crippen molar-refractivity contribution in [2.45, 2.75) is 19.4 Å². The topological polar surface area (TPSA) is 42.2 Å². The van der Waals surface area contributed by atoms with E-state index in [4.69, 9.17) is 4.42 Å². The normalized spacial score (nSPS) is 12.1. The first-order valence-electron chi connectivity index (χ1n) is 5.74. The maximum absolute atomic E-state index is 12.0. The highest BCUT2D eigenvalue weighted by Gasteiger charge is 2.11. The van der Waals surface area contributed by atoms with E-state index in [1.54, 1.807) is 6.26 Å². The largest absolute Gasteiger partial charge is 0.469 e. The van der Waals surface area contributed by atoms with Crippen molar-refractivity contribution < 1.29 is 9.21 Å². The zero-order chi connectivity index (χ0) is 13.0. The Labute approximate surface area is 120 Å². The third-order valence-corrected chi connectivity index (χ3v) is 3.29. The number of halogens is 1. The van der Waals surface area contributed by atoms with Crippen molar-refractivity contribution in [2.75, 3.05) is 0 Å². The maximum Gasteiger partial charge on any atom is 0.251 e. The number of nitrogens with one attached hydrogen (secondary N) is 1. The Kier molecular flexibility index (Phi) is 4.41. The monoisotopic (exact) mass is 355 g/mol. The van der Waals surface area contributed by atoms with Crippen molar-refractivity contribution in [1.82, 2.24) is 5.32 Å². The van der Waals surface area contributed by atoms with Crippen molar-refractivity contribution in [3.63, 3.8) is 0 Å². The van der Waals surface area contributed by atoms with Gasteiger partial charge < -0.3 is 9.73 Å². The zero-order valence-electron chi connectivity index (χ0n) is 10.0. The fraction of sp³-hybridized carbons (Fsp3) is 0.214. The Morgan fingerprint density at radius 1 is 1.33 bits per heavy atom. The SMILES string of the molecule is CC(Cc1ccco1)NC(=O)c1ccc(I)cc1. The molecule has 0 bridgehead atoms. The van der Waals surface area contributed by atoms with Crippen LogP contribution in [0.4, 0.5) is 0 Å². The lowest BCUT2D eigenvalue weighted by Crippen LogP contribution is -2.33. The van der Waals surface area contributed by atoms with Gasteiger partial charge in [0.05, 0.1) is 6.26 Å². The molecule has 3 nitrogen and oxygen atoms in total. The van der Waals surface area contributed by atoms with Crippen LogP contribution in [0.3, 0.4) is 0 Å². The van der Waals surface area contributed by atoms with Gasteiger partial charge in [-0.25, -0.2) is 0 Å². The summed E-state index contributed by atoms with van der Waals surface area (Å²) < 4.78 is 6.37. The molecule has 0 aliphatic carbocycles. The molecule has 1 aromatic carbocycles. The Bertz CT molecular complexity index is 505. The number of hydrogen-bond acceptors (Lipinski definition) is 2. The zero-order valence-corrected chi connectivity index (χ0v) is 12.2. The van der Waals surface area contributed by atoms with Crippen molar-refractivity contribution in [3.8, 4) is 0 Å². The van der Waals surface area contributed by atoms with E-state index in [-0.39, 0.29) is 11.9 Å². The molecule has 1 aromatic heterocycles. The number of rotatable bonds is 4. The molecule has 0 fully saturated rings. The van der Waals surface area contributed by atoms with Gasteiger partial charge in [0, 0.05) is 21.6 Å². The molecule has 2 rings (SSSR count). The van der Waals surface area contributed by atoms with Gasteiger partial charge in [0.2, 0.25) is 0 Å². The molecule has 1 atom stereocenters. The van der Waals surface area contributed by atoms with E-state index in [0.29, 0.717) is 12.0 Å². The Balaban J connectivity index is 1.92. The molecule has 0 radical (unpaired) electrons. The Hall–Kier alpha value is -1.30. The number of furan rings is 1. The molecule has 4 heteroatoms. The van der Waals surface area contributed by atoms with E-state index in [2.05, 4.69) is 27.9 Å². The fourth-order valence-corrected chi connectivity index (χ4v) is 2.05. The fourth-order valence-electron chi connectivity index (χ4n) is 1.69.